The van der Waals surface area contributed by atoms with E-state index in [4.69, 9.17) is 0 Å². The van der Waals surface area contributed by atoms with Crippen LogP contribution in [0.4, 0.5) is 0 Å². The molecule has 0 amide bonds. The quantitative estimate of drug-likeness (QED) is 0.642. The van der Waals surface area contributed by atoms with Crippen molar-refractivity contribution in [3.8, 4) is 0 Å². The Morgan fingerprint density at radius 1 is 1.19 bits per heavy atom. The summed E-state index contributed by atoms with van der Waals surface area (Å²) < 4.78 is 0. The highest BCUT2D eigenvalue weighted by Crippen LogP contribution is 2.22. The lowest BCUT2D eigenvalue weighted by Crippen LogP contribution is -2.36. The average Bonchev–Trinajstić information content (AvgIpc) is 2.20. The van der Waals surface area contributed by atoms with Gasteiger partial charge in [-0.3, -0.25) is 4.79 Å². The predicted octanol–water partition coefficient (Wildman–Crippen LogP) is 3.55. The van der Waals surface area contributed by atoms with E-state index in [1.807, 2.05) is 6.92 Å². The molecule has 96 valence electrons. The maximum atomic E-state index is 11.6. The molecule has 0 saturated heterocycles. The molecule has 0 aliphatic carbocycles. The highest BCUT2D eigenvalue weighted by Gasteiger charge is 2.15. The summed E-state index contributed by atoms with van der Waals surface area (Å²) in [6.45, 7) is 11.7. The largest absolute Gasteiger partial charge is 0.308 e. The van der Waals surface area contributed by atoms with Crippen LogP contribution in [0, 0.1) is 5.41 Å². The number of Topliss-reactive ketones (excluding diaryl/α,β-unsaturated/α-hetero) is 1. The van der Waals surface area contributed by atoms with Crippen molar-refractivity contribution in [3.63, 3.8) is 0 Å². The number of carbonyl (C=O) groups is 1. The van der Waals surface area contributed by atoms with Crippen molar-refractivity contribution in [3.05, 3.63) is 0 Å². The molecule has 0 aromatic heterocycles. The number of rotatable bonds is 8. The first-order chi connectivity index (χ1) is 7.40. The lowest BCUT2D eigenvalue weighted by molar-refractivity contribution is -0.120. The number of nitrogens with one attached hydrogen (secondary N) is 1. The minimum atomic E-state index is 0.0926. The summed E-state index contributed by atoms with van der Waals surface area (Å²) in [5.74, 6) is 0.359. The minimum Gasteiger partial charge on any atom is -0.308 e. The Bertz CT molecular complexity index is 193. The van der Waals surface area contributed by atoms with Crippen molar-refractivity contribution < 1.29 is 4.79 Å². The molecule has 0 bridgehead atoms. The van der Waals surface area contributed by atoms with Crippen LogP contribution in [0.25, 0.3) is 0 Å². The SMILES string of the molecule is CCNC(CCCCC(C)(C)C)C(=O)CC. The second-order valence-electron chi connectivity index (χ2n) is 5.74. The molecule has 1 atom stereocenters. The second kappa shape index (κ2) is 7.83. The zero-order chi connectivity index (χ0) is 12.6. The van der Waals surface area contributed by atoms with Gasteiger partial charge in [-0.15, -0.1) is 0 Å². The molecule has 2 nitrogen and oxygen atoms in total. The molecule has 0 spiro atoms. The first-order valence-electron chi connectivity index (χ1n) is 6.66. The maximum absolute atomic E-state index is 11.6. The average molecular weight is 227 g/mol. The highest BCUT2D eigenvalue weighted by atomic mass is 16.1. The van der Waals surface area contributed by atoms with E-state index in [1.165, 1.54) is 12.8 Å². The fourth-order valence-corrected chi connectivity index (χ4v) is 1.87. The maximum Gasteiger partial charge on any atom is 0.149 e. The number of hydrogen-bond donors (Lipinski definition) is 1. The molecule has 2 heteroatoms. The molecule has 0 saturated carbocycles. The zero-order valence-electron chi connectivity index (χ0n) is 11.7. The van der Waals surface area contributed by atoms with Crippen LogP contribution in [0.5, 0.6) is 0 Å². The van der Waals surface area contributed by atoms with Gasteiger partial charge in [-0.1, -0.05) is 47.5 Å². The minimum absolute atomic E-state index is 0.0926. The molecule has 1 unspecified atom stereocenters. The van der Waals surface area contributed by atoms with Crippen LogP contribution in [0.2, 0.25) is 0 Å². The highest BCUT2D eigenvalue weighted by molar-refractivity contribution is 5.83. The van der Waals surface area contributed by atoms with E-state index in [-0.39, 0.29) is 6.04 Å². The Balaban J connectivity index is 3.81. The van der Waals surface area contributed by atoms with E-state index < -0.39 is 0 Å². The van der Waals surface area contributed by atoms with Gasteiger partial charge in [0.15, 0.2) is 0 Å². The van der Waals surface area contributed by atoms with Gasteiger partial charge in [0.25, 0.3) is 0 Å². The summed E-state index contributed by atoms with van der Waals surface area (Å²) in [7, 11) is 0. The molecule has 0 aliphatic rings. The van der Waals surface area contributed by atoms with Crippen LogP contribution in [-0.2, 0) is 4.79 Å². The van der Waals surface area contributed by atoms with Gasteiger partial charge >= 0.3 is 0 Å². The number of hydrogen-bond acceptors (Lipinski definition) is 2. The first-order valence-corrected chi connectivity index (χ1v) is 6.66. The molecular weight excluding hydrogens is 198 g/mol. The van der Waals surface area contributed by atoms with Gasteiger partial charge in [-0.05, 0) is 24.8 Å². The predicted molar refractivity (Wildman–Crippen MR) is 70.7 cm³/mol. The standard InChI is InChI=1S/C14H29NO/c1-6-13(16)12(15-7-2)10-8-9-11-14(3,4)5/h12,15H,6-11H2,1-5H3. The van der Waals surface area contributed by atoms with Crippen molar-refractivity contribution in [2.75, 3.05) is 6.54 Å². The summed E-state index contributed by atoms with van der Waals surface area (Å²) in [6, 6.07) is 0.0926. The zero-order valence-corrected chi connectivity index (χ0v) is 11.7. The molecule has 0 fully saturated rings. The van der Waals surface area contributed by atoms with Crippen molar-refractivity contribution in [1.29, 1.82) is 0 Å². The summed E-state index contributed by atoms with van der Waals surface area (Å²) >= 11 is 0. The molecular formula is C14H29NO. The third-order valence-electron chi connectivity index (χ3n) is 2.86. The van der Waals surface area contributed by atoms with E-state index in [0.29, 0.717) is 17.6 Å². The Hall–Kier alpha value is -0.370. The van der Waals surface area contributed by atoms with Crippen LogP contribution >= 0.6 is 0 Å². The fourth-order valence-electron chi connectivity index (χ4n) is 1.87. The normalized spacial score (nSPS) is 13.8. The van der Waals surface area contributed by atoms with Gasteiger partial charge in [-0.2, -0.15) is 0 Å². The third-order valence-corrected chi connectivity index (χ3v) is 2.86. The molecule has 0 rings (SSSR count). The van der Waals surface area contributed by atoms with Crippen LogP contribution in [0.3, 0.4) is 0 Å². The molecule has 0 aliphatic heterocycles. The van der Waals surface area contributed by atoms with Crippen molar-refractivity contribution >= 4 is 5.78 Å². The molecule has 0 aromatic rings. The summed E-state index contributed by atoms with van der Waals surface area (Å²) in [6.07, 6.45) is 5.27. The van der Waals surface area contributed by atoms with Gasteiger partial charge in [0.1, 0.15) is 5.78 Å². The van der Waals surface area contributed by atoms with Gasteiger partial charge in [0, 0.05) is 6.42 Å². The van der Waals surface area contributed by atoms with Crippen molar-refractivity contribution in [1.82, 2.24) is 5.32 Å². The van der Waals surface area contributed by atoms with E-state index in [0.717, 1.165) is 19.4 Å². The Kier molecular flexibility index (Phi) is 7.65. The lowest BCUT2D eigenvalue weighted by atomic mass is 9.89. The van der Waals surface area contributed by atoms with Gasteiger partial charge in [-0.25, -0.2) is 0 Å². The number of carbonyl (C=O) groups excluding carboxylic acids is 1. The monoisotopic (exact) mass is 227 g/mol. The van der Waals surface area contributed by atoms with Gasteiger partial charge < -0.3 is 5.32 Å². The second-order valence-corrected chi connectivity index (χ2v) is 5.74. The molecule has 16 heavy (non-hydrogen) atoms. The van der Waals surface area contributed by atoms with E-state index in [1.54, 1.807) is 0 Å². The number of likely N-dealkylation sites (N-methyl/N-ethyl adjacent to an activating group) is 1. The van der Waals surface area contributed by atoms with E-state index in [2.05, 4.69) is 33.0 Å². The van der Waals surface area contributed by atoms with Gasteiger partial charge in [0.2, 0.25) is 0 Å². The molecule has 0 aromatic carbocycles. The lowest BCUT2D eigenvalue weighted by Gasteiger charge is -2.19. The Morgan fingerprint density at radius 2 is 1.81 bits per heavy atom. The van der Waals surface area contributed by atoms with E-state index in [9.17, 15) is 4.79 Å². The number of ketones is 1. The summed E-state index contributed by atoms with van der Waals surface area (Å²) in [5.41, 5.74) is 0.419. The Labute approximate surface area is 101 Å². The first kappa shape index (κ1) is 15.6. The van der Waals surface area contributed by atoms with E-state index >= 15 is 0 Å². The Morgan fingerprint density at radius 3 is 2.25 bits per heavy atom. The van der Waals surface area contributed by atoms with Gasteiger partial charge in [0.05, 0.1) is 6.04 Å². The van der Waals surface area contributed by atoms with Crippen LogP contribution in [-0.4, -0.2) is 18.4 Å². The van der Waals surface area contributed by atoms with Crippen molar-refractivity contribution in [2.45, 2.75) is 72.8 Å². The number of unbranched alkanes of at least 4 members (excludes halogenated alkanes) is 1. The molecule has 0 heterocycles. The van der Waals surface area contributed by atoms with Crippen LogP contribution < -0.4 is 5.32 Å². The molecule has 0 radical (unpaired) electrons. The topological polar surface area (TPSA) is 29.1 Å². The third kappa shape index (κ3) is 7.86. The van der Waals surface area contributed by atoms with Crippen molar-refractivity contribution in [2.24, 2.45) is 5.41 Å². The summed E-state index contributed by atoms with van der Waals surface area (Å²) in [4.78, 5) is 11.6. The van der Waals surface area contributed by atoms with Crippen LogP contribution in [0.15, 0.2) is 0 Å². The smallest absolute Gasteiger partial charge is 0.149 e. The summed E-state index contributed by atoms with van der Waals surface area (Å²) in [5, 5.41) is 3.28. The fraction of sp³-hybridized carbons (Fsp3) is 0.929. The van der Waals surface area contributed by atoms with Crippen LogP contribution in [0.1, 0.15) is 66.7 Å². The molecule has 1 N–H and O–H groups in total.